The molecule has 0 N–H and O–H groups in total. The molecule has 126 valence electrons. The first kappa shape index (κ1) is 17.8. The number of nitrogens with zero attached hydrogens (tertiary/aromatic N) is 2. The lowest BCUT2D eigenvalue weighted by molar-refractivity contribution is -0.696. The van der Waals surface area contributed by atoms with Gasteiger partial charge in [-0.15, -0.1) is 0 Å². The Bertz CT molecular complexity index is 528. The van der Waals surface area contributed by atoms with Crippen LogP contribution in [0.25, 0.3) is 5.69 Å². The fourth-order valence-electron chi connectivity index (χ4n) is 3.01. The molecule has 23 heavy (non-hydrogen) atoms. The standard InChI is InChI=1S/C21H33N2/c1-20(2)13-9-6-4-3-5-7-12-16-22-17-18-23(19-22)21-14-10-8-11-15-21/h8,10-11,14-15,17-20H,3-7,9,12-13,16H2,1-2H3/q+1. The summed E-state index contributed by atoms with van der Waals surface area (Å²) in [6, 6.07) is 10.5. The summed E-state index contributed by atoms with van der Waals surface area (Å²) >= 11 is 0. The largest absolute Gasteiger partial charge is 0.248 e. The van der Waals surface area contributed by atoms with Crippen LogP contribution in [0, 0.1) is 5.92 Å². The Morgan fingerprint density at radius 2 is 1.52 bits per heavy atom. The van der Waals surface area contributed by atoms with Gasteiger partial charge < -0.3 is 0 Å². The highest BCUT2D eigenvalue weighted by Crippen LogP contribution is 2.12. The van der Waals surface area contributed by atoms with Gasteiger partial charge in [-0.1, -0.05) is 70.6 Å². The van der Waals surface area contributed by atoms with Crippen LogP contribution in [0.4, 0.5) is 0 Å². The number of aromatic nitrogens is 2. The van der Waals surface area contributed by atoms with Gasteiger partial charge in [-0.05, 0) is 30.9 Å². The Hall–Kier alpha value is -1.57. The smallest absolute Gasteiger partial charge is 0.236 e. The van der Waals surface area contributed by atoms with E-state index in [1.54, 1.807) is 0 Å². The van der Waals surface area contributed by atoms with Crippen LogP contribution in [-0.4, -0.2) is 4.57 Å². The molecule has 1 heterocycles. The van der Waals surface area contributed by atoms with E-state index in [0.29, 0.717) is 0 Å². The van der Waals surface area contributed by atoms with Gasteiger partial charge in [-0.2, -0.15) is 0 Å². The van der Waals surface area contributed by atoms with Crippen LogP contribution >= 0.6 is 0 Å². The van der Waals surface area contributed by atoms with Crippen molar-refractivity contribution in [3.8, 4) is 5.69 Å². The van der Waals surface area contributed by atoms with Crippen molar-refractivity contribution in [2.24, 2.45) is 5.92 Å². The second-order valence-corrected chi connectivity index (χ2v) is 7.05. The Morgan fingerprint density at radius 1 is 0.870 bits per heavy atom. The molecule has 2 aromatic rings. The SMILES string of the molecule is CC(C)CCCCCCCCC[n+]1ccn(-c2ccccc2)c1. The average Bonchev–Trinajstić information content (AvgIpc) is 3.03. The third kappa shape index (κ3) is 7.02. The van der Waals surface area contributed by atoms with E-state index in [0.717, 1.165) is 12.5 Å². The minimum atomic E-state index is 0.871. The Labute approximate surface area is 142 Å². The number of unbranched alkanes of at least 4 members (excludes halogenated alkanes) is 6. The fourth-order valence-corrected chi connectivity index (χ4v) is 3.01. The molecule has 0 spiro atoms. The van der Waals surface area contributed by atoms with Crippen molar-refractivity contribution in [1.82, 2.24) is 4.57 Å². The van der Waals surface area contributed by atoms with Crippen LogP contribution in [0.5, 0.6) is 0 Å². The van der Waals surface area contributed by atoms with Gasteiger partial charge in [0.2, 0.25) is 6.33 Å². The molecule has 0 radical (unpaired) electrons. The summed E-state index contributed by atoms with van der Waals surface area (Å²) in [6.07, 6.45) is 17.6. The molecule has 0 atom stereocenters. The second kappa shape index (κ2) is 10.3. The lowest BCUT2D eigenvalue weighted by Gasteiger charge is -2.04. The highest BCUT2D eigenvalue weighted by Gasteiger charge is 2.05. The molecule has 0 saturated carbocycles. The van der Waals surface area contributed by atoms with E-state index in [2.05, 4.69) is 72.0 Å². The minimum Gasteiger partial charge on any atom is -0.236 e. The van der Waals surface area contributed by atoms with Crippen LogP contribution in [-0.2, 0) is 6.54 Å². The van der Waals surface area contributed by atoms with Crippen molar-refractivity contribution >= 4 is 0 Å². The predicted octanol–water partition coefficient (Wildman–Crippen LogP) is 5.54. The molecule has 1 aromatic carbocycles. The van der Waals surface area contributed by atoms with Crippen molar-refractivity contribution in [1.29, 1.82) is 0 Å². The molecule has 1 aromatic heterocycles. The molecular formula is C21H33N2+. The summed E-state index contributed by atoms with van der Waals surface area (Å²) in [7, 11) is 0. The summed E-state index contributed by atoms with van der Waals surface area (Å²) in [5.74, 6) is 0.871. The quantitative estimate of drug-likeness (QED) is 0.380. The van der Waals surface area contributed by atoms with E-state index < -0.39 is 0 Å². The summed E-state index contributed by atoms with van der Waals surface area (Å²) < 4.78 is 4.49. The fraction of sp³-hybridized carbons (Fsp3) is 0.571. The van der Waals surface area contributed by atoms with E-state index in [4.69, 9.17) is 0 Å². The number of aryl methyl sites for hydroxylation is 1. The first-order valence-corrected chi connectivity index (χ1v) is 9.38. The van der Waals surface area contributed by atoms with Gasteiger partial charge in [-0.25, -0.2) is 9.13 Å². The number of rotatable bonds is 11. The van der Waals surface area contributed by atoms with Gasteiger partial charge in [0.15, 0.2) is 0 Å². The van der Waals surface area contributed by atoms with Crippen LogP contribution in [0.1, 0.15) is 65.2 Å². The van der Waals surface area contributed by atoms with Gasteiger partial charge in [0.25, 0.3) is 0 Å². The molecule has 2 rings (SSSR count). The topological polar surface area (TPSA) is 8.81 Å². The molecule has 0 saturated heterocycles. The molecule has 2 nitrogen and oxygen atoms in total. The van der Waals surface area contributed by atoms with Crippen LogP contribution in [0.3, 0.4) is 0 Å². The zero-order valence-electron chi connectivity index (χ0n) is 15.0. The maximum atomic E-state index is 2.32. The third-order valence-corrected chi connectivity index (χ3v) is 4.44. The molecule has 0 bridgehead atoms. The summed E-state index contributed by atoms with van der Waals surface area (Å²) in [6.45, 7) is 5.78. The highest BCUT2D eigenvalue weighted by molar-refractivity contribution is 5.30. The van der Waals surface area contributed by atoms with E-state index >= 15 is 0 Å². The van der Waals surface area contributed by atoms with Gasteiger partial charge in [0.05, 0.1) is 6.54 Å². The number of imidazole rings is 1. The predicted molar refractivity (Wildman–Crippen MR) is 97.7 cm³/mol. The Morgan fingerprint density at radius 3 is 2.22 bits per heavy atom. The maximum absolute atomic E-state index is 2.32. The number of hydrogen-bond donors (Lipinski definition) is 0. The van der Waals surface area contributed by atoms with E-state index in [1.165, 1.54) is 57.1 Å². The summed E-state index contributed by atoms with van der Waals surface area (Å²) in [4.78, 5) is 0. The van der Waals surface area contributed by atoms with Gasteiger partial charge in [-0.3, -0.25) is 0 Å². The number of hydrogen-bond acceptors (Lipinski definition) is 0. The van der Waals surface area contributed by atoms with E-state index in [1.807, 2.05) is 0 Å². The molecule has 0 aliphatic rings. The number of para-hydroxylation sites is 1. The van der Waals surface area contributed by atoms with Crippen molar-refractivity contribution in [3.63, 3.8) is 0 Å². The summed E-state index contributed by atoms with van der Waals surface area (Å²) in [5.41, 5.74) is 1.23. The lowest BCUT2D eigenvalue weighted by atomic mass is 10.0. The Balaban J connectivity index is 1.54. The third-order valence-electron chi connectivity index (χ3n) is 4.44. The first-order valence-electron chi connectivity index (χ1n) is 9.38. The zero-order chi connectivity index (χ0) is 16.3. The van der Waals surface area contributed by atoms with Crippen molar-refractivity contribution < 1.29 is 4.57 Å². The molecule has 2 heteroatoms. The van der Waals surface area contributed by atoms with Crippen molar-refractivity contribution in [2.45, 2.75) is 71.8 Å². The normalized spacial score (nSPS) is 11.3. The summed E-state index contributed by atoms with van der Waals surface area (Å²) in [5, 5.41) is 0. The van der Waals surface area contributed by atoms with Crippen molar-refractivity contribution in [2.75, 3.05) is 0 Å². The van der Waals surface area contributed by atoms with Gasteiger partial charge in [0.1, 0.15) is 18.1 Å². The van der Waals surface area contributed by atoms with E-state index in [-0.39, 0.29) is 0 Å². The average molecular weight is 314 g/mol. The maximum Gasteiger partial charge on any atom is 0.248 e. The monoisotopic (exact) mass is 313 g/mol. The Kier molecular flexibility index (Phi) is 7.92. The minimum absolute atomic E-state index is 0.871. The van der Waals surface area contributed by atoms with Crippen molar-refractivity contribution in [3.05, 3.63) is 49.1 Å². The van der Waals surface area contributed by atoms with Crippen LogP contribution < -0.4 is 4.57 Å². The van der Waals surface area contributed by atoms with E-state index in [9.17, 15) is 0 Å². The molecule has 0 fully saturated rings. The highest BCUT2D eigenvalue weighted by atomic mass is 15.1. The molecule has 0 amide bonds. The molecule has 0 aliphatic heterocycles. The van der Waals surface area contributed by atoms with Gasteiger partial charge >= 0.3 is 0 Å². The number of benzene rings is 1. The zero-order valence-corrected chi connectivity index (χ0v) is 15.0. The van der Waals surface area contributed by atoms with Crippen LogP contribution in [0.15, 0.2) is 49.1 Å². The molecular weight excluding hydrogens is 280 g/mol. The molecule has 0 unspecified atom stereocenters. The first-order chi connectivity index (χ1) is 11.3. The molecule has 0 aliphatic carbocycles. The second-order valence-electron chi connectivity index (χ2n) is 7.05. The lowest BCUT2D eigenvalue weighted by Crippen LogP contribution is -2.30. The van der Waals surface area contributed by atoms with Crippen LogP contribution in [0.2, 0.25) is 0 Å². The van der Waals surface area contributed by atoms with Gasteiger partial charge in [0, 0.05) is 0 Å².